The first-order valence-corrected chi connectivity index (χ1v) is 12.5. The molecule has 2 fully saturated rings. The van der Waals surface area contributed by atoms with Gasteiger partial charge in [0.1, 0.15) is 12.4 Å². The Bertz CT molecular complexity index is 1030. The number of carbonyl (C=O) groups is 1. The Morgan fingerprint density at radius 2 is 2.16 bits per heavy atom. The summed E-state index contributed by atoms with van der Waals surface area (Å²) in [7, 11) is 4.04. The van der Waals surface area contributed by atoms with Crippen LogP contribution in [-0.2, 0) is 4.79 Å². The smallest absolute Gasteiger partial charge is 0.264 e. The number of hydrogen-bond donors (Lipinski definition) is 2. The first kappa shape index (κ1) is 22.8. The van der Waals surface area contributed by atoms with Crippen molar-refractivity contribution in [3.05, 3.63) is 39.7 Å². The van der Waals surface area contributed by atoms with Gasteiger partial charge in [0.15, 0.2) is 10.3 Å². The quantitative estimate of drug-likeness (QED) is 0.546. The van der Waals surface area contributed by atoms with Gasteiger partial charge in [-0.1, -0.05) is 24.2 Å². The van der Waals surface area contributed by atoms with Gasteiger partial charge in [-0.2, -0.15) is 0 Å². The lowest BCUT2D eigenvalue weighted by Crippen LogP contribution is -2.19. The summed E-state index contributed by atoms with van der Waals surface area (Å²) in [5.41, 5.74) is 1.81. The molecule has 1 amide bonds. The summed E-state index contributed by atoms with van der Waals surface area (Å²) in [6.07, 6.45) is 8.67. The van der Waals surface area contributed by atoms with Crippen molar-refractivity contribution in [2.45, 2.75) is 38.6 Å². The molecule has 2 heterocycles. The predicted octanol–water partition coefficient (Wildman–Crippen LogP) is 4.64. The van der Waals surface area contributed by atoms with E-state index < -0.39 is 0 Å². The van der Waals surface area contributed by atoms with E-state index in [0.717, 1.165) is 33.6 Å². The van der Waals surface area contributed by atoms with E-state index in [9.17, 15) is 4.79 Å². The standard InChI is InChI=1S/C23H29N5O2S2/c1-15-12-17(30-11-10-28(2)3)8-9-19(15)26-23-27-21(29)20(32-23)13-18-14-24-22(31-18)25-16-6-4-5-7-16/h8-9,12-14,16H,4-7,10-11H2,1-3H3,(H,24,25)(H,26,27,29)/b20-13-. The van der Waals surface area contributed by atoms with E-state index in [1.807, 2.05) is 51.5 Å². The van der Waals surface area contributed by atoms with Gasteiger partial charge in [0.25, 0.3) is 5.91 Å². The van der Waals surface area contributed by atoms with Gasteiger partial charge in [0.05, 0.1) is 15.5 Å². The SMILES string of the molecule is Cc1cc(OCCN(C)C)ccc1/N=C1/NC(=O)/C(=C/c2cnc(NC3CCCC3)s2)S1. The van der Waals surface area contributed by atoms with Crippen LogP contribution in [0.4, 0.5) is 10.8 Å². The first-order valence-electron chi connectivity index (χ1n) is 10.9. The highest BCUT2D eigenvalue weighted by molar-refractivity contribution is 8.18. The summed E-state index contributed by atoms with van der Waals surface area (Å²) in [5, 5.41) is 7.87. The fourth-order valence-corrected chi connectivity index (χ4v) is 5.31. The number of hydrogen-bond acceptors (Lipinski definition) is 8. The van der Waals surface area contributed by atoms with Crippen LogP contribution < -0.4 is 15.4 Å². The summed E-state index contributed by atoms with van der Waals surface area (Å²) < 4.78 is 5.78. The van der Waals surface area contributed by atoms with Crippen LogP contribution in [0.25, 0.3) is 6.08 Å². The van der Waals surface area contributed by atoms with Crippen LogP contribution in [0.3, 0.4) is 0 Å². The molecule has 1 saturated carbocycles. The molecule has 2 aliphatic rings. The van der Waals surface area contributed by atoms with E-state index in [1.165, 1.54) is 37.4 Å². The topological polar surface area (TPSA) is 78.8 Å². The zero-order chi connectivity index (χ0) is 22.5. The molecule has 9 heteroatoms. The van der Waals surface area contributed by atoms with Crippen LogP contribution >= 0.6 is 23.1 Å². The Morgan fingerprint density at radius 3 is 2.91 bits per heavy atom. The van der Waals surface area contributed by atoms with Gasteiger partial charge < -0.3 is 20.3 Å². The van der Waals surface area contributed by atoms with Gasteiger partial charge in [-0.3, -0.25) is 4.79 Å². The fraction of sp³-hybridized carbons (Fsp3) is 0.435. The van der Waals surface area contributed by atoms with Gasteiger partial charge in [-0.25, -0.2) is 9.98 Å². The van der Waals surface area contributed by atoms with Crippen molar-refractivity contribution in [1.82, 2.24) is 15.2 Å². The van der Waals surface area contributed by atoms with E-state index in [2.05, 4.69) is 25.5 Å². The Hall–Kier alpha value is -2.36. The molecule has 0 atom stereocenters. The molecule has 170 valence electrons. The summed E-state index contributed by atoms with van der Waals surface area (Å²) in [4.78, 5) is 25.2. The minimum atomic E-state index is -0.131. The van der Waals surface area contributed by atoms with Gasteiger partial charge in [0.2, 0.25) is 0 Å². The number of thioether (sulfide) groups is 1. The number of anilines is 1. The summed E-state index contributed by atoms with van der Waals surface area (Å²) in [5.74, 6) is 0.693. The Kier molecular flexibility index (Phi) is 7.49. The molecule has 1 aliphatic heterocycles. The normalized spacial score (nSPS) is 19.3. The second-order valence-corrected chi connectivity index (χ2v) is 10.4. The molecule has 0 unspecified atom stereocenters. The van der Waals surface area contributed by atoms with Gasteiger partial charge in [-0.05, 0) is 75.5 Å². The first-order chi connectivity index (χ1) is 15.5. The second kappa shape index (κ2) is 10.5. The number of nitrogens with zero attached hydrogens (tertiary/aromatic N) is 3. The molecule has 2 aromatic rings. The number of likely N-dealkylation sites (N-methyl/N-ethyl adjacent to an activating group) is 1. The fourth-order valence-electron chi connectivity index (χ4n) is 3.57. The molecule has 0 spiro atoms. The molecule has 2 N–H and O–H groups in total. The molecule has 0 radical (unpaired) electrons. The van der Waals surface area contributed by atoms with E-state index in [4.69, 9.17) is 4.74 Å². The van der Waals surface area contributed by atoms with E-state index in [0.29, 0.717) is 22.7 Å². The lowest BCUT2D eigenvalue weighted by Gasteiger charge is -2.12. The number of benzene rings is 1. The number of carbonyl (C=O) groups excluding carboxylic acids is 1. The van der Waals surface area contributed by atoms with Crippen molar-refractivity contribution in [2.24, 2.45) is 4.99 Å². The molecule has 0 bridgehead atoms. The molecule has 1 aromatic heterocycles. The number of amides is 1. The highest BCUT2D eigenvalue weighted by Gasteiger charge is 2.24. The maximum atomic E-state index is 12.4. The number of aromatic nitrogens is 1. The Labute approximate surface area is 197 Å². The van der Waals surface area contributed by atoms with E-state index in [-0.39, 0.29) is 5.91 Å². The third-order valence-corrected chi connectivity index (χ3v) is 7.11. The molecule has 4 rings (SSSR count). The third-order valence-electron chi connectivity index (χ3n) is 5.33. The Balaban J connectivity index is 1.39. The average molecular weight is 472 g/mol. The zero-order valence-corrected chi connectivity index (χ0v) is 20.3. The number of rotatable bonds is 8. The third kappa shape index (κ3) is 6.11. The number of amidine groups is 1. The van der Waals surface area contributed by atoms with Gasteiger partial charge in [0, 0.05) is 18.8 Å². The van der Waals surface area contributed by atoms with Crippen molar-refractivity contribution in [3.63, 3.8) is 0 Å². The molecular formula is C23H29N5O2S2. The number of ether oxygens (including phenoxy) is 1. The van der Waals surface area contributed by atoms with E-state index in [1.54, 1.807) is 11.3 Å². The van der Waals surface area contributed by atoms with Crippen LogP contribution in [0.1, 0.15) is 36.1 Å². The average Bonchev–Trinajstić information content (AvgIpc) is 3.48. The summed E-state index contributed by atoms with van der Waals surface area (Å²) >= 11 is 2.93. The summed E-state index contributed by atoms with van der Waals surface area (Å²) in [6, 6.07) is 6.34. The molecule has 7 nitrogen and oxygen atoms in total. The maximum absolute atomic E-state index is 12.4. The molecule has 1 aromatic carbocycles. The number of aryl methyl sites for hydroxylation is 1. The van der Waals surface area contributed by atoms with Crippen LogP contribution in [0.5, 0.6) is 5.75 Å². The van der Waals surface area contributed by atoms with Crippen LogP contribution in [-0.4, -0.2) is 54.2 Å². The second-order valence-electron chi connectivity index (χ2n) is 8.28. The van der Waals surface area contributed by atoms with Gasteiger partial charge in [-0.15, -0.1) is 0 Å². The minimum Gasteiger partial charge on any atom is -0.492 e. The highest BCUT2D eigenvalue weighted by atomic mass is 32.2. The lowest BCUT2D eigenvalue weighted by molar-refractivity contribution is -0.115. The monoisotopic (exact) mass is 471 g/mol. The molecule has 1 aliphatic carbocycles. The highest BCUT2D eigenvalue weighted by Crippen LogP contribution is 2.32. The lowest BCUT2D eigenvalue weighted by atomic mass is 10.2. The Morgan fingerprint density at radius 1 is 1.34 bits per heavy atom. The maximum Gasteiger partial charge on any atom is 0.264 e. The van der Waals surface area contributed by atoms with Crippen molar-refractivity contribution in [1.29, 1.82) is 0 Å². The molecule has 1 saturated heterocycles. The summed E-state index contributed by atoms with van der Waals surface area (Å²) in [6.45, 7) is 3.49. The predicted molar refractivity (Wildman–Crippen MR) is 134 cm³/mol. The van der Waals surface area contributed by atoms with Crippen molar-refractivity contribution >= 4 is 51.1 Å². The zero-order valence-electron chi connectivity index (χ0n) is 18.7. The van der Waals surface area contributed by atoms with Crippen LogP contribution in [0.15, 0.2) is 34.3 Å². The largest absolute Gasteiger partial charge is 0.492 e. The van der Waals surface area contributed by atoms with E-state index >= 15 is 0 Å². The number of nitrogens with one attached hydrogen (secondary N) is 2. The van der Waals surface area contributed by atoms with Crippen molar-refractivity contribution in [3.8, 4) is 5.75 Å². The van der Waals surface area contributed by atoms with Crippen molar-refractivity contribution in [2.75, 3.05) is 32.6 Å². The van der Waals surface area contributed by atoms with Crippen LogP contribution in [0.2, 0.25) is 0 Å². The van der Waals surface area contributed by atoms with Gasteiger partial charge >= 0.3 is 0 Å². The van der Waals surface area contributed by atoms with Crippen molar-refractivity contribution < 1.29 is 9.53 Å². The number of thiazole rings is 1. The minimum absolute atomic E-state index is 0.131. The molecule has 32 heavy (non-hydrogen) atoms. The number of aliphatic imine (C=N–C) groups is 1. The molecular weight excluding hydrogens is 442 g/mol. The van der Waals surface area contributed by atoms with Crippen LogP contribution in [0, 0.1) is 6.92 Å².